The first-order valence-corrected chi connectivity index (χ1v) is 6.12. The highest BCUT2D eigenvalue weighted by Gasteiger charge is 2.48. The van der Waals surface area contributed by atoms with E-state index in [2.05, 4.69) is 5.32 Å². The summed E-state index contributed by atoms with van der Waals surface area (Å²) in [5.74, 6) is -2.85. The Labute approximate surface area is 107 Å². The molecule has 1 saturated carbocycles. The SMILES string of the molecule is O=C(O)C1CCN(C(=O)NC2CC(C(F)(F)F)C2)C1. The number of nitrogens with one attached hydrogen (secondary N) is 1. The van der Waals surface area contributed by atoms with Crippen LogP contribution in [0.5, 0.6) is 0 Å². The van der Waals surface area contributed by atoms with Crippen molar-refractivity contribution < 1.29 is 27.9 Å². The lowest BCUT2D eigenvalue weighted by molar-refractivity contribution is -0.198. The molecule has 0 bridgehead atoms. The van der Waals surface area contributed by atoms with Gasteiger partial charge in [0.25, 0.3) is 0 Å². The predicted molar refractivity (Wildman–Crippen MR) is 58.4 cm³/mol. The van der Waals surface area contributed by atoms with Gasteiger partial charge in [-0.05, 0) is 19.3 Å². The number of hydrogen-bond donors (Lipinski definition) is 2. The van der Waals surface area contributed by atoms with E-state index in [-0.39, 0.29) is 19.4 Å². The zero-order valence-corrected chi connectivity index (χ0v) is 10.1. The lowest BCUT2D eigenvalue weighted by Gasteiger charge is -2.37. The average Bonchev–Trinajstić information content (AvgIpc) is 2.69. The molecular formula is C11H15F3N2O3. The summed E-state index contributed by atoms with van der Waals surface area (Å²) in [4.78, 5) is 23.8. The largest absolute Gasteiger partial charge is 0.481 e. The molecule has 0 radical (unpaired) electrons. The number of carbonyl (C=O) groups is 2. The van der Waals surface area contributed by atoms with E-state index < -0.39 is 36.1 Å². The summed E-state index contributed by atoms with van der Waals surface area (Å²) in [5.41, 5.74) is 0. The number of amides is 2. The first-order valence-electron chi connectivity index (χ1n) is 6.12. The van der Waals surface area contributed by atoms with Gasteiger partial charge in [-0.25, -0.2) is 4.79 Å². The van der Waals surface area contributed by atoms with Gasteiger partial charge in [0.1, 0.15) is 0 Å². The second kappa shape index (κ2) is 4.90. The number of rotatable bonds is 2. The van der Waals surface area contributed by atoms with E-state index in [0.29, 0.717) is 13.0 Å². The minimum atomic E-state index is -4.19. The van der Waals surface area contributed by atoms with E-state index in [1.807, 2.05) is 0 Å². The van der Waals surface area contributed by atoms with Gasteiger partial charge < -0.3 is 15.3 Å². The van der Waals surface area contributed by atoms with Crippen molar-refractivity contribution in [3.8, 4) is 0 Å². The first kappa shape index (κ1) is 14.0. The number of carboxylic acid groups (broad SMARTS) is 1. The Balaban J connectivity index is 1.74. The lowest BCUT2D eigenvalue weighted by atomic mass is 9.80. The van der Waals surface area contributed by atoms with Crippen molar-refractivity contribution in [1.82, 2.24) is 10.2 Å². The molecule has 1 aliphatic carbocycles. The summed E-state index contributed by atoms with van der Waals surface area (Å²) >= 11 is 0. The first-order chi connectivity index (χ1) is 8.77. The molecule has 0 aromatic heterocycles. The molecule has 8 heteroatoms. The third kappa shape index (κ3) is 3.10. The number of likely N-dealkylation sites (tertiary alicyclic amines) is 1. The Kier molecular flexibility index (Phi) is 3.60. The van der Waals surface area contributed by atoms with E-state index in [9.17, 15) is 22.8 Å². The fourth-order valence-electron chi connectivity index (χ4n) is 2.42. The molecule has 1 aliphatic heterocycles. The second-order valence-electron chi connectivity index (χ2n) is 5.13. The molecule has 2 aliphatic rings. The van der Waals surface area contributed by atoms with Crippen LogP contribution in [-0.2, 0) is 4.79 Å². The van der Waals surface area contributed by atoms with Crippen molar-refractivity contribution in [1.29, 1.82) is 0 Å². The molecule has 0 aromatic rings. The Bertz CT molecular complexity index is 380. The highest BCUT2D eigenvalue weighted by atomic mass is 19.4. The van der Waals surface area contributed by atoms with Crippen LogP contribution >= 0.6 is 0 Å². The number of halogens is 3. The van der Waals surface area contributed by atoms with E-state index >= 15 is 0 Å². The number of aliphatic carboxylic acids is 1. The summed E-state index contributed by atoms with van der Waals surface area (Å²) in [6, 6.07) is -0.919. The van der Waals surface area contributed by atoms with E-state index in [4.69, 9.17) is 5.11 Å². The zero-order valence-electron chi connectivity index (χ0n) is 10.1. The van der Waals surface area contributed by atoms with Crippen molar-refractivity contribution in [2.75, 3.05) is 13.1 Å². The van der Waals surface area contributed by atoms with Crippen LogP contribution in [-0.4, -0.2) is 47.3 Å². The van der Waals surface area contributed by atoms with Crippen LogP contribution in [0, 0.1) is 11.8 Å². The van der Waals surface area contributed by atoms with Crippen LogP contribution in [0.25, 0.3) is 0 Å². The Morgan fingerprint density at radius 3 is 2.37 bits per heavy atom. The van der Waals surface area contributed by atoms with Crippen molar-refractivity contribution in [3.05, 3.63) is 0 Å². The highest BCUT2D eigenvalue weighted by Crippen LogP contribution is 2.41. The summed E-state index contributed by atoms with van der Waals surface area (Å²) in [5, 5.41) is 11.3. The van der Waals surface area contributed by atoms with Crippen LogP contribution in [0.2, 0.25) is 0 Å². The molecule has 5 nitrogen and oxygen atoms in total. The Morgan fingerprint density at radius 2 is 1.89 bits per heavy atom. The van der Waals surface area contributed by atoms with Gasteiger partial charge in [0.15, 0.2) is 0 Å². The molecule has 0 aromatic carbocycles. The smallest absolute Gasteiger partial charge is 0.391 e. The molecule has 2 N–H and O–H groups in total. The average molecular weight is 280 g/mol. The van der Waals surface area contributed by atoms with Crippen molar-refractivity contribution in [2.45, 2.75) is 31.5 Å². The fraction of sp³-hybridized carbons (Fsp3) is 0.818. The standard InChI is InChI=1S/C11H15F3N2O3/c12-11(13,14)7-3-8(4-7)15-10(19)16-2-1-6(5-16)9(17)18/h6-8H,1-5H2,(H,15,19)(H,17,18). The number of alkyl halides is 3. The number of carbonyl (C=O) groups excluding carboxylic acids is 1. The molecule has 1 saturated heterocycles. The number of carboxylic acids is 1. The number of nitrogens with zero attached hydrogens (tertiary/aromatic N) is 1. The molecule has 1 atom stereocenters. The topological polar surface area (TPSA) is 69.6 Å². The Hall–Kier alpha value is -1.47. The second-order valence-corrected chi connectivity index (χ2v) is 5.13. The Morgan fingerprint density at radius 1 is 1.26 bits per heavy atom. The maximum atomic E-state index is 12.3. The predicted octanol–water partition coefficient (Wildman–Crippen LogP) is 1.44. The van der Waals surface area contributed by atoms with Crippen LogP contribution in [0.3, 0.4) is 0 Å². The van der Waals surface area contributed by atoms with Gasteiger partial charge in [-0.3, -0.25) is 4.79 Å². The summed E-state index contributed by atoms with van der Waals surface area (Å²) in [6.45, 7) is 0.453. The van der Waals surface area contributed by atoms with Gasteiger partial charge in [-0.15, -0.1) is 0 Å². The van der Waals surface area contributed by atoms with E-state index in [1.54, 1.807) is 0 Å². The molecule has 1 unspecified atom stereocenters. The van der Waals surface area contributed by atoms with Gasteiger partial charge >= 0.3 is 18.2 Å². The molecule has 2 rings (SSSR count). The summed E-state index contributed by atoms with van der Waals surface area (Å²) in [7, 11) is 0. The maximum absolute atomic E-state index is 12.3. The molecule has 1 heterocycles. The normalized spacial score (nSPS) is 30.9. The van der Waals surface area contributed by atoms with Gasteiger partial charge in [0, 0.05) is 19.1 Å². The van der Waals surface area contributed by atoms with E-state index in [0.717, 1.165) is 0 Å². The molecule has 19 heavy (non-hydrogen) atoms. The minimum Gasteiger partial charge on any atom is -0.481 e. The summed E-state index contributed by atoms with van der Waals surface area (Å²) < 4.78 is 36.8. The molecule has 2 amide bonds. The van der Waals surface area contributed by atoms with Gasteiger partial charge in [-0.2, -0.15) is 13.2 Å². The molecule has 108 valence electrons. The zero-order chi connectivity index (χ0) is 14.2. The van der Waals surface area contributed by atoms with Crippen LogP contribution < -0.4 is 5.32 Å². The highest BCUT2D eigenvalue weighted by molar-refractivity contribution is 5.77. The minimum absolute atomic E-state index is 0.0918. The summed E-state index contributed by atoms with van der Waals surface area (Å²) in [6.07, 6.45) is -3.99. The third-order valence-electron chi connectivity index (χ3n) is 3.75. The van der Waals surface area contributed by atoms with Crippen molar-refractivity contribution in [3.63, 3.8) is 0 Å². The lowest BCUT2D eigenvalue weighted by Crippen LogP contribution is -2.52. The van der Waals surface area contributed by atoms with Gasteiger partial charge in [0.2, 0.25) is 0 Å². The van der Waals surface area contributed by atoms with Crippen LogP contribution in [0.4, 0.5) is 18.0 Å². The molecule has 2 fully saturated rings. The van der Waals surface area contributed by atoms with Gasteiger partial charge in [0.05, 0.1) is 11.8 Å². The molecule has 0 spiro atoms. The van der Waals surface area contributed by atoms with Crippen LogP contribution in [0.1, 0.15) is 19.3 Å². The third-order valence-corrected chi connectivity index (χ3v) is 3.75. The maximum Gasteiger partial charge on any atom is 0.391 e. The quantitative estimate of drug-likeness (QED) is 0.804. The van der Waals surface area contributed by atoms with Crippen molar-refractivity contribution in [2.24, 2.45) is 11.8 Å². The van der Waals surface area contributed by atoms with Crippen LogP contribution in [0.15, 0.2) is 0 Å². The van der Waals surface area contributed by atoms with Gasteiger partial charge in [-0.1, -0.05) is 0 Å². The van der Waals surface area contributed by atoms with Crippen molar-refractivity contribution >= 4 is 12.0 Å². The number of hydrogen-bond acceptors (Lipinski definition) is 2. The number of urea groups is 1. The fourth-order valence-corrected chi connectivity index (χ4v) is 2.42. The monoisotopic (exact) mass is 280 g/mol. The molecular weight excluding hydrogens is 265 g/mol. The van der Waals surface area contributed by atoms with E-state index in [1.165, 1.54) is 4.90 Å².